The van der Waals surface area contributed by atoms with Gasteiger partial charge in [-0.2, -0.15) is 8.42 Å². The molecule has 5 atom stereocenters. The molecule has 1 N–H and O–H groups in total. The average Bonchev–Trinajstić information content (AvgIpc) is 3.28. The first-order valence-corrected chi connectivity index (χ1v) is 12.7. The van der Waals surface area contributed by atoms with E-state index in [1.165, 1.54) is 0 Å². The summed E-state index contributed by atoms with van der Waals surface area (Å²) in [5.74, 6) is -3.19. The molecule has 8 heteroatoms. The van der Waals surface area contributed by atoms with Gasteiger partial charge in [-0.1, -0.05) is 12.8 Å². The number of carbonyl (C=O) groups is 2. The van der Waals surface area contributed by atoms with Crippen LogP contribution in [-0.4, -0.2) is 42.4 Å². The maximum absolute atomic E-state index is 13.1. The van der Waals surface area contributed by atoms with Gasteiger partial charge in [-0.3, -0.25) is 14.1 Å². The first-order chi connectivity index (χ1) is 13.8. The zero-order chi connectivity index (χ0) is 20.6. The van der Waals surface area contributed by atoms with E-state index < -0.39 is 39.1 Å². The van der Waals surface area contributed by atoms with E-state index in [9.17, 15) is 22.6 Å². The summed E-state index contributed by atoms with van der Waals surface area (Å²) in [5.41, 5.74) is 0. The van der Waals surface area contributed by atoms with Gasteiger partial charge >= 0.3 is 11.9 Å². The lowest BCUT2D eigenvalue weighted by atomic mass is 9.78. The molecule has 29 heavy (non-hydrogen) atoms. The zero-order valence-electron chi connectivity index (χ0n) is 16.8. The van der Waals surface area contributed by atoms with Crippen LogP contribution in [0.4, 0.5) is 0 Å². The lowest BCUT2D eigenvalue weighted by molar-refractivity contribution is -0.170. The van der Waals surface area contributed by atoms with Crippen LogP contribution in [0.25, 0.3) is 0 Å². The molecule has 164 valence electrons. The number of esters is 2. The van der Waals surface area contributed by atoms with Crippen molar-refractivity contribution in [2.24, 2.45) is 23.7 Å². The average molecular weight is 429 g/mol. The highest BCUT2D eigenvalue weighted by Crippen LogP contribution is 2.55. The summed E-state index contributed by atoms with van der Waals surface area (Å²) < 4.78 is 44.9. The Balaban J connectivity index is 1.51. The second kappa shape index (κ2) is 8.53. The van der Waals surface area contributed by atoms with Crippen LogP contribution in [-0.2, 0) is 29.2 Å². The van der Waals surface area contributed by atoms with Crippen LogP contribution >= 0.6 is 0 Å². The second-order valence-corrected chi connectivity index (χ2v) is 11.0. The molecule has 7 nitrogen and oxygen atoms in total. The van der Waals surface area contributed by atoms with Crippen LogP contribution in [0.2, 0.25) is 0 Å². The fourth-order valence-corrected chi connectivity index (χ4v) is 7.37. The first kappa shape index (κ1) is 21.1. The normalized spacial score (nSPS) is 36.1. The second-order valence-electron chi connectivity index (χ2n) is 9.39. The van der Waals surface area contributed by atoms with E-state index in [0.717, 1.165) is 64.2 Å². The molecule has 4 fully saturated rings. The minimum absolute atomic E-state index is 0.109. The van der Waals surface area contributed by atoms with E-state index in [4.69, 9.17) is 9.47 Å². The van der Waals surface area contributed by atoms with E-state index >= 15 is 0 Å². The molecule has 4 rings (SSSR count). The standard InChI is InChI=1S/C21H32O7S/c22-20(27-14-7-3-1-4-8-14)18-13-11-16(17(12-13)29(24,25)26)19(18)21(23)28-15-9-5-2-6-10-15/h13-19H,1-12H2,(H,24,25,26)/t13?,16?,17?,18-,19?/m0/s1. The Hall–Kier alpha value is -1.15. The Bertz CT molecular complexity index is 721. The molecule has 0 heterocycles. The summed E-state index contributed by atoms with van der Waals surface area (Å²) in [4.78, 5) is 26.1. The summed E-state index contributed by atoms with van der Waals surface area (Å²) in [6.45, 7) is 0. The monoisotopic (exact) mass is 428 g/mol. The van der Waals surface area contributed by atoms with Crippen LogP contribution in [0.15, 0.2) is 0 Å². The van der Waals surface area contributed by atoms with Gasteiger partial charge in [0.1, 0.15) is 12.2 Å². The third-order valence-corrected chi connectivity index (χ3v) is 8.85. The van der Waals surface area contributed by atoms with Crippen LogP contribution < -0.4 is 0 Å². The van der Waals surface area contributed by atoms with Gasteiger partial charge in [0.05, 0.1) is 17.1 Å². The molecule has 4 aliphatic carbocycles. The van der Waals surface area contributed by atoms with Gasteiger partial charge in [-0.25, -0.2) is 0 Å². The Morgan fingerprint density at radius 1 is 0.724 bits per heavy atom. The van der Waals surface area contributed by atoms with Gasteiger partial charge in [-0.05, 0) is 76.0 Å². The molecule has 0 spiro atoms. The molecule has 4 saturated carbocycles. The highest BCUT2D eigenvalue weighted by atomic mass is 32.2. The maximum atomic E-state index is 13.1. The lowest BCUT2D eigenvalue weighted by Gasteiger charge is -2.34. The largest absolute Gasteiger partial charge is 0.462 e. The van der Waals surface area contributed by atoms with E-state index in [1.807, 2.05) is 0 Å². The fourth-order valence-electron chi connectivity index (χ4n) is 6.16. The van der Waals surface area contributed by atoms with Crippen LogP contribution in [0.3, 0.4) is 0 Å². The summed E-state index contributed by atoms with van der Waals surface area (Å²) in [6, 6.07) is 0. The number of rotatable bonds is 5. The smallest absolute Gasteiger partial charge is 0.310 e. The minimum atomic E-state index is -4.27. The third kappa shape index (κ3) is 4.48. The van der Waals surface area contributed by atoms with Crippen LogP contribution in [0.1, 0.15) is 77.0 Å². The summed E-state index contributed by atoms with van der Waals surface area (Å²) in [5, 5.41) is -0.991. The van der Waals surface area contributed by atoms with Gasteiger partial charge in [0, 0.05) is 0 Å². The predicted octanol–water partition coefficient (Wildman–Crippen LogP) is 3.27. The molecule has 4 aliphatic rings. The molecule has 0 radical (unpaired) electrons. The lowest BCUT2D eigenvalue weighted by Crippen LogP contribution is -2.45. The van der Waals surface area contributed by atoms with Crippen molar-refractivity contribution in [2.75, 3.05) is 0 Å². The van der Waals surface area contributed by atoms with Crippen molar-refractivity contribution in [1.82, 2.24) is 0 Å². The molecular weight excluding hydrogens is 396 g/mol. The number of hydrogen-bond donors (Lipinski definition) is 1. The summed E-state index contributed by atoms with van der Waals surface area (Å²) in [6.07, 6.45) is 10.1. The highest BCUT2D eigenvalue weighted by Gasteiger charge is 2.62. The van der Waals surface area contributed by atoms with Gasteiger partial charge in [0.25, 0.3) is 10.1 Å². The molecule has 0 saturated heterocycles. The van der Waals surface area contributed by atoms with Gasteiger partial charge < -0.3 is 9.47 Å². The Kier molecular flexibility index (Phi) is 6.21. The zero-order valence-corrected chi connectivity index (χ0v) is 17.6. The first-order valence-electron chi connectivity index (χ1n) is 11.2. The molecule has 0 aromatic carbocycles. The topological polar surface area (TPSA) is 107 Å². The van der Waals surface area contributed by atoms with Crippen LogP contribution in [0.5, 0.6) is 0 Å². The van der Waals surface area contributed by atoms with Crippen molar-refractivity contribution >= 4 is 22.1 Å². The van der Waals surface area contributed by atoms with Crippen molar-refractivity contribution in [3.05, 3.63) is 0 Å². The molecule has 4 unspecified atom stereocenters. The van der Waals surface area contributed by atoms with Gasteiger partial charge in [-0.15, -0.1) is 0 Å². The quantitative estimate of drug-likeness (QED) is 0.529. The van der Waals surface area contributed by atoms with E-state index in [0.29, 0.717) is 6.42 Å². The van der Waals surface area contributed by atoms with Gasteiger partial charge in [0.2, 0.25) is 0 Å². The minimum Gasteiger partial charge on any atom is -0.462 e. The molecular formula is C21H32O7S. The fraction of sp³-hybridized carbons (Fsp3) is 0.905. The predicted molar refractivity (Wildman–Crippen MR) is 104 cm³/mol. The molecule has 0 aliphatic heterocycles. The number of fused-ring (bicyclic) bond motifs is 2. The van der Waals surface area contributed by atoms with Crippen molar-refractivity contribution in [1.29, 1.82) is 0 Å². The molecule has 0 aromatic rings. The van der Waals surface area contributed by atoms with Crippen molar-refractivity contribution in [3.8, 4) is 0 Å². The maximum Gasteiger partial charge on any atom is 0.310 e. The van der Waals surface area contributed by atoms with Crippen molar-refractivity contribution < 1.29 is 32.0 Å². The summed E-state index contributed by atoms with van der Waals surface area (Å²) in [7, 11) is -4.27. The Morgan fingerprint density at radius 3 is 1.69 bits per heavy atom. The number of hydrogen-bond acceptors (Lipinski definition) is 6. The van der Waals surface area contributed by atoms with Gasteiger partial charge in [0.15, 0.2) is 0 Å². The Labute approximate surface area is 172 Å². The molecule has 2 bridgehead atoms. The number of ether oxygens (including phenoxy) is 2. The molecule has 0 aromatic heterocycles. The summed E-state index contributed by atoms with van der Waals surface area (Å²) >= 11 is 0. The van der Waals surface area contributed by atoms with E-state index in [-0.39, 0.29) is 30.5 Å². The third-order valence-electron chi connectivity index (χ3n) is 7.54. The van der Waals surface area contributed by atoms with Crippen molar-refractivity contribution in [2.45, 2.75) is 94.5 Å². The SMILES string of the molecule is O=C(OC1CCCCC1)C1C2CC(CC2S(=O)(=O)O)[C@@H]1C(=O)OC1CCCCC1. The van der Waals surface area contributed by atoms with Crippen LogP contribution in [0, 0.1) is 23.7 Å². The van der Waals surface area contributed by atoms with E-state index in [2.05, 4.69) is 0 Å². The number of carbonyl (C=O) groups excluding carboxylic acids is 2. The van der Waals surface area contributed by atoms with Crippen molar-refractivity contribution in [3.63, 3.8) is 0 Å². The highest BCUT2D eigenvalue weighted by molar-refractivity contribution is 7.86. The molecule has 0 amide bonds. The van der Waals surface area contributed by atoms with E-state index in [1.54, 1.807) is 0 Å². The Morgan fingerprint density at radius 2 is 1.21 bits per heavy atom.